The first-order valence-electron chi connectivity index (χ1n) is 13.4. The molecule has 0 saturated heterocycles. The Labute approximate surface area is 248 Å². The highest BCUT2D eigenvalue weighted by atomic mass is 32.2. The fourth-order valence-corrected chi connectivity index (χ4v) is 5.43. The molecule has 1 aliphatic rings. The lowest BCUT2D eigenvalue weighted by Crippen LogP contribution is -2.28. The van der Waals surface area contributed by atoms with Crippen LogP contribution in [0.5, 0.6) is 11.5 Å². The maximum atomic E-state index is 13.5. The Bertz CT molecular complexity index is 1600. The maximum Gasteiger partial charge on any atom is 0.255 e. The minimum Gasteiger partial charge on any atom is -0.497 e. The molecule has 3 aromatic carbocycles. The molecule has 0 radical (unpaired) electrons. The number of rotatable bonds is 10. The molecule has 1 aromatic heterocycles. The van der Waals surface area contributed by atoms with Crippen LogP contribution in [0.2, 0.25) is 0 Å². The SMILES string of the molecule is COc1ccc(C2=NN(C(=O)CSc3nnc(CNC(=O)c4ccccc4OC)n3C)[C@H](c3ccc(C)cc3)C2)cc1. The Morgan fingerprint density at radius 1 is 0.976 bits per heavy atom. The number of hydrogen-bond donors (Lipinski definition) is 1. The molecule has 216 valence electrons. The van der Waals surface area contributed by atoms with Crippen LogP contribution in [0, 0.1) is 6.92 Å². The van der Waals surface area contributed by atoms with Gasteiger partial charge in [-0.05, 0) is 54.4 Å². The summed E-state index contributed by atoms with van der Waals surface area (Å²) in [5, 5.41) is 18.2. The van der Waals surface area contributed by atoms with E-state index in [9.17, 15) is 9.59 Å². The number of carbonyl (C=O) groups excluding carboxylic acids is 2. The van der Waals surface area contributed by atoms with Crippen molar-refractivity contribution in [3.63, 3.8) is 0 Å². The Balaban J connectivity index is 1.27. The molecule has 42 heavy (non-hydrogen) atoms. The van der Waals surface area contributed by atoms with Gasteiger partial charge in [0.2, 0.25) is 0 Å². The van der Waals surface area contributed by atoms with Gasteiger partial charge in [-0.25, -0.2) is 5.01 Å². The minimum atomic E-state index is -0.276. The Kier molecular flexibility index (Phi) is 8.87. The number of amides is 2. The van der Waals surface area contributed by atoms with Crippen LogP contribution in [0.3, 0.4) is 0 Å². The number of benzene rings is 3. The summed E-state index contributed by atoms with van der Waals surface area (Å²) < 4.78 is 12.3. The van der Waals surface area contributed by atoms with E-state index in [1.165, 1.54) is 18.9 Å². The van der Waals surface area contributed by atoms with Crippen molar-refractivity contribution in [1.29, 1.82) is 0 Å². The second-order valence-corrected chi connectivity index (χ2v) is 10.7. The number of hydrogen-bond acceptors (Lipinski definition) is 8. The van der Waals surface area contributed by atoms with Crippen molar-refractivity contribution in [3.8, 4) is 11.5 Å². The fourth-order valence-electron chi connectivity index (χ4n) is 4.65. The average Bonchev–Trinajstić information content (AvgIpc) is 3.63. The number of thioether (sulfide) groups is 1. The standard InChI is InChI=1S/C31H32N6O4S/c1-20-9-11-22(12-10-20)26-17-25(21-13-15-23(40-3)16-14-21)35-37(26)29(38)19-42-31-34-33-28(36(31)2)18-32-30(39)24-7-5-6-8-27(24)41-4/h5-16,26H,17-19H2,1-4H3,(H,32,39)/t26-/m0/s1. The molecule has 0 aliphatic carbocycles. The highest BCUT2D eigenvalue weighted by Crippen LogP contribution is 2.34. The second-order valence-electron chi connectivity index (χ2n) is 9.77. The Morgan fingerprint density at radius 3 is 2.43 bits per heavy atom. The lowest BCUT2D eigenvalue weighted by atomic mass is 9.97. The van der Waals surface area contributed by atoms with Crippen molar-refractivity contribution in [1.82, 2.24) is 25.1 Å². The first kappa shape index (κ1) is 28.9. The molecule has 0 saturated carbocycles. The van der Waals surface area contributed by atoms with E-state index in [4.69, 9.17) is 14.6 Å². The molecule has 0 bridgehead atoms. The summed E-state index contributed by atoms with van der Waals surface area (Å²) in [6.45, 7) is 2.21. The number of nitrogens with zero attached hydrogens (tertiary/aromatic N) is 5. The van der Waals surface area contributed by atoms with Gasteiger partial charge in [-0.1, -0.05) is 53.7 Å². The summed E-state index contributed by atoms with van der Waals surface area (Å²) >= 11 is 1.28. The lowest BCUT2D eigenvalue weighted by Gasteiger charge is -2.22. The summed E-state index contributed by atoms with van der Waals surface area (Å²) in [4.78, 5) is 26.2. The summed E-state index contributed by atoms with van der Waals surface area (Å²) in [6.07, 6.45) is 0.603. The highest BCUT2D eigenvalue weighted by molar-refractivity contribution is 7.99. The molecule has 5 rings (SSSR count). The molecule has 10 nitrogen and oxygen atoms in total. The van der Waals surface area contributed by atoms with E-state index in [0.717, 1.165) is 28.2 Å². The van der Waals surface area contributed by atoms with Crippen LogP contribution in [0.4, 0.5) is 0 Å². The third kappa shape index (κ3) is 6.31. The van der Waals surface area contributed by atoms with E-state index in [1.54, 1.807) is 41.0 Å². The van der Waals surface area contributed by atoms with Crippen molar-refractivity contribution in [2.24, 2.45) is 12.1 Å². The summed E-state index contributed by atoms with van der Waals surface area (Å²) in [6, 6.07) is 22.7. The normalized spacial score (nSPS) is 14.4. The topological polar surface area (TPSA) is 111 Å². The van der Waals surface area contributed by atoms with E-state index >= 15 is 0 Å². The fraction of sp³-hybridized carbons (Fsp3) is 0.258. The van der Waals surface area contributed by atoms with Crippen LogP contribution >= 0.6 is 11.8 Å². The largest absolute Gasteiger partial charge is 0.497 e. The predicted molar refractivity (Wildman–Crippen MR) is 161 cm³/mol. The maximum absolute atomic E-state index is 13.5. The molecule has 2 amide bonds. The quantitative estimate of drug-likeness (QED) is 0.273. The monoisotopic (exact) mass is 584 g/mol. The lowest BCUT2D eigenvalue weighted by molar-refractivity contribution is -0.130. The van der Waals surface area contributed by atoms with Gasteiger partial charge in [0.25, 0.3) is 11.8 Å². The molecular formula is C31H32N6O4S. The van der Waals surface area contributed by atoms with Gasteiger partial charge in [-0.2, -0.15) is 5.10 Å². The molecular weight excluding hydrogens is 552 g/mol. The van der Waals surface area contributed by atoms with Crippen LogP contribution in [0.1, 0.15) is 45.3 Å². The zero-order valence-corrected chi connectivity index (χ0v) is 24.7. The van der Waals surface area contributed by atoms with Crippen molar-refractivity contribution >= 4 is 29.3 Å². The second kappa shape index (κ2) is 12.9. The highest BCUT2D eigenvalue weighted by Gasteiger charge is 2.33. The van der Waals surface area contributed by atoms with Crippen LogP contribution in [0.25, 0.3) is 0 Å². The van der Waals surface area contributed by atoms with Crippen molar-refractivity contribution < 1.29 is 19.1 Å². The number of hydrazone groups is 1. The van der Waals surface area contributed by atoms with Crippen molar-refractivity contribution in [2.45, 2.75) is 31.1 Å². The third-order valence-electron chi connectivity index (χ3n) is 7.06. The molecule has 11 heteroatoms. The molecule has 0 fully saturated rings. The summed E-state index contributed by atoms with van der Waals surface area (Å²) in [5.41, 5.74) is 4.40. The van der Waals surface area contributed by atoms with Crippen LogP contribution in [0.15, 0.2) is 83.1 Å². The number of methoxy groups -OCH3 is 2. The van der Waals surface area contributed by atoms with Crippen LogP contribution in [-0.2, 0) is 18.4 Å². The van der Waals surface area contributed by atoms with Gasteiger partial charge < -0.3 is 19.4 Å². The third-order valence-corrected chi connectivity index (χ3v) is 8.06. The summed E-state index contributed by atoms with van der Waals surface area (Å²) in [7, 11) is 4.96. The van der Waals surface area contributed by atoms with Gasteiger partial charge in [-0.3, -0.25) is 9.59 Å². The number of aryl methyl sites for hydroxylation is 1. The number of aromatic nitrogens is 3. The summed E-state index contributed by atoms with van der Waals surface area (Å²) in [5.74, 6) is 1.53. The smallest absolute Gasteiger partial charge is 0.255 e. The number of ether oxygens (including phenoxy) is 2. The van der Waals surface area contributed by atoms with Gasteiger partial charge in [-0.15, -0.1) is 10.2 Å². The van der Waals surface area contributed by atoms with Crippen LogP contribution in [-0.4, -0.2) is 57.3 Å². The minimum absolute atomic E-state index is 0.126. The first-order valence-corrected chi connectivity index (χ1v) is 14.4. The molecule has 4 aromatic rings. The Morgan fingerprint density at radius 2 is 1.71 bits per heavy atom. The average molecular weight is 585 g/mol. The van der Waals surface area contributed by atoms with E-state index in [-0.39, 0.29) is 30.2 Å². The number of carbonyl (C=O) groups is 2. The Hall–Kier alpha value is -4.64. The van der Waals surface area contributed by atoms with Gasteiger partial charge in [0.1, 0.15) is 11.5 Å². The first-order chi connectivity index (χ1) is 20.4. The molecule has 2 heterocycles. The predicted octanol–water partition coefficient (Wildman–Crippen LogP) is 4.54. The van der Waals surface area contributed by atoms with Gasteiger partial charge in [0, 0.05) is 13.5 Å². The molecule has 0 unspecified atom stereocenters. The molecule has 1 atom stereocenters. The van der Waals surface area contributed by atoms with E-state index in [0.29, 0.717) is 28.7 Å². The zero-order valence-electron chi connectivity index (χ0n) is 23.9. The molecule has 1 aliphatic heterocycles. The van der Waals surface area contributed by atoms with Gasteiger partial charge in [0.15, 0.2) is 11.0 Å². The van der Waals surface area contributed by atoms with Crippen molar-refractivity contribution in [3.05, 3.63) is 101 Å². The molecule has 0 spiro atoms. The number of nitrogens with one attached hydrogen (secondary N) is 1. The number of para-hydroxylation sites is 1. The molecule has 1 N–H and O–H groups in total. The zero-order chi connectivity index (χ0) is 29.6. The van der Waals surface area contributed by atoms with Gasteiger partial charge >= 0.3 is 0 Å². The van der Waals surface area contributed by atoms with Crippen molar-refractivity contribution in [2.75, 3.05) is 20.0 Å². The van der Waals surface area contributed by atoms with Gasteiger partial charge in [0.05, 0.1) is 43.8 Å². The van der Waals surface area contributed by atoms with E-state index in [1.807, 2.05) is 62.5 Å². The van der Waals surface area contributed by atoms with Crippen LogP contribution < -0.4 is 14.8 Å². The van der Waals surface area contributed by atoms with E-state index < -0.39 is 0 Å². The van der Waals surface area contributed by atoms with E-state index in [2.05, 4.69) is 15.5 Å².